The molecular weight excluding hydrogens is 228 g/mol. The van der Waals surface area contributed by atoms with Crippen molar-refractivity contribution in [3.05, 3.63) is 52.0 Å². The van der Waals surface area contributed by atoms with Crippen LogP contribution in [0.5, 0.6) is 0 Å². The van der Waals surface area contributed by atoms with Crippen LogP contribution in [0.3, 0.4) is 0 Å². The van der Waals surface area contributed by atoms with Gasteiger partial charge < -0.3 is 5.32 Å². The minimum atomic E-state index is -0.0730. The summed E-state index contributed by atoms with van der Waals surface area (Å²) in [4.78, 5) is 4.38. The second-order valence-corrected chi connectivity index (χ2v) is 5.64. The first-order valence-corrected chi connectivity index (χ1v) is 6.67. The number of nitrogens with zero attached hydrogens (tertiary/aromatic N) is 1. The number of benzene rings is 1. The molecule has 0 bridgehead atoms. The second-order valence-electron chi connectivity index (χ2n) is 4.74. The Bertz CT molecular complexity index is 475. The van der Waals surface area contributed by atoms with Gasteiger partial charge in [-0.15, -0.1) is 11.3 Å². The van der Waals surface area contributed by atoms with Crippen molar-refractivity contribution < 1.29 is 0 Å². The Kier molecular flexibility index (Phi) is 3.60. The Balaban J connectivity index is 2.06. The Labute approximate surface area is 107 Å². The lowest BCUT2D eigenvalue weighted by atomic mass is 10.0. The summed E-state index contributed by atoms with van der Waals surface area (Å²) in [6.45, 7) is 7.36. The number of thiazole rings is 1. The standard InChI is InChI=1S/C14H18N2S/c1-11-6-4-5-7-12(11)10-16-14(2,3)13-15-8-9-17-13/h4-9,16H,10H2,1-3H3. The minimum absolute atomic E-state index is 0.0730. The van der Waals surface area contributed by atoms with E-state index in [0.29, 0.717) is 0 Å². The van der Waals surface area contributed by atoms with Crippen molar-refractivity contribution in [2.45, 2.75) is 32.9 Å². The first-order valence-electron chi connectivity index (χ1n) is 5.79. The van der Waals surface area contributed by atoms with E-state index in [1.165, 1.54) is 11.1 Å². The average molecular weight is 246 g/mol. The zero-order valence-corrected chi connectivity index (χ0v) is 11.3. The van der Waals surface area contributed by atoms with Gasteiger partial charge in [-0.1, -0.05) is 24.3 Å². The molecule has 90 valence electrons. The SMILES string of the molecule is Cc1ccccc1CNC(C)(C)c1nccs1. The summed E-state index contributed by atoms with van der Waals surface area (Å²) in [5.41, 5.74) is 2.60. The van der Waals surface area contributed by atoms with Crippen LogP contribution in [0.1, 0.15) is 30.0 Å². The van der Waals surface area contributed by atoms with Crippen molar-refractivity contribution in [2.75, 3.05) is 0 Å². The molecule has 0 amide bonds. The quantitative estimate of drug-likeness (QED) is 0.893. The Hall–Kier alpha value is -1.19. The normalized spacial score (nSPS) is 11.7. The van der Waals surface area contributed by atoms with E-state index in [1.54, 1.807) is 11.3 Å². The van der Waals surface area contributed by atoms with Crippen LogP contribution in [0, 0.1) is 6.92 Å². The molecule has 1 N–H and O–H groups in total. The molecule has 0 aliphatic carbocycles. The van der Waals surface area contributed by atoms with Gasteiger partial charge in [-0.05, 0) is 31.9 Å². The number of nitrogens with one attached hydrogen (secondary N) is 1. The first-order chi connectivity index (χ1) is 8.09. The molecule has 3 heteroatoms. The van der Waals surface area contributed by atoms with Crippen molar-refractivity contribution in [2.24, 2.45) is 0 Å². The molecule has 0 fully saturated rings. The third kappa shape index (κ3) is 2.93. The van der Waals surface area contributed by atoms with Crippen molar-refractivity contribution >= 4 is 11.3 Å². The molecule has 0 saturated carbocycles. The number of rotatable bonds is 4. The van der Waals surface area contributed by atoms with Crippen LogP contribution in [-0.2, 0) is 12.1 Å². The molecule has 0 spiro atoms. The van der Waals surface area contributed by atoms with Gasteiger partial charge in [-0.25, -0.2) is 4.98 Å². The molecule has 0 saturated heterocycles. The van der Waals surface area contributed by atoms with Crippen molar-refractivity contribution in [1.29, 1.82) is 0 Å². The van der Waals surface area contributed by atoms with E-state index in [9.17, 15) is 0 Å². The maximum absolute atomic E-state index is 4.38. The lowest BCUT2D eigenvalue weighted by Crippen LogP contribution is -2.36. The second kappa shape index (κ2) is 4.98. The highest BCUT2D eigenvalue weighted by molar-refractivity contribution is 7.09. The van der Waals surface area contributed by atoms with Gasteiger partial charge in [0.05, 0.1) is 5.54 Å². The summed E-state index contributed by atoms with van der Waals surface area (Å²) in [5.74, 6) is 0. The van der Waals surface area contributed by atoms with Gasteiger partial charge in [0.1, 0.15) is 5.01 Å². The third-order valence-corrected chi connectivity index (χ3v) is 4.05. The maximum atomic E-state index is 4.38. The number of aryl methyl sites for hydroxylation is 1. The predicted molar refractivity (Wildman–Crippen MR) is 73.2 cm³/mol. The zero-order chi connectivity index (χ0) is 12.3. The molecule has 17 heavy (non-hydrogen) atoms. The highest BCUT2D eigenvalue weighted by Gasteiger charge is 2.22. The monoisotopic (exact) mass is 246 g/mol. The topological polar surface area (TPSA) is 24.9 Å². The summed E-state index contributed by atoms with van der Waals surface area (Å²) < 4.78 is 0. The van der Waals surface area contributed by atoms with Crippen LogP contribution in [0.25, 0.3) is 0 Å². The molecule has 2 aromatic rings. The molecule has 1 aromatic heterocycles. The van der Waals surface area contributed by atoms with Crippen LogP contribution >= 0.6 is 11.3 Å². The van der Waals surface area contributed by atoms with Gasteiger partial charge >= 0.3 is 0 Å². The molecule has 0 unspecified atom stereocenters. The molecule has 1 heterocycles. The number of hydrogen-bond acceptors (Lipinski definition) is 3. The van der Waals surface area contributed by atoms with Crippen LogP contribution < -0.4 is 5.32 Å². The molecule has 0 radical (unpaired) electrons. The highest BCUT2D eigenvalue weighted by Crippen LogP contribution is 2.22. The fourth-order valence-corrected chi connectivity index (χ4v) is 2.47. The summed E-state index contributed by atoms with van der Waals surface area (Å²) in [6, 6.07) is 8.47. The summed E-state index contributed by atoms with van der Waals surface area (Å²) in [7, 11) is 0. The van der Waals surface area contributed by atoms with Crippen LogP contribution in [-0.4, -0.2) is 4.98 Å². The Morgan fingerprint density at radius 3 is 2.71 bits per heavy atom. The van der Waals surface area contributed by atoms with E-state index in [0.717, 1.165) is 11.6 Å². The van der Waals surface area contributed by atoms with Gasteiger partial charge in [0.15, 0.2) is 0 Å². The average Bonchev–Trinajstić information content (AvgIpc) is 2.82. The van der Waals surface area contributed by atoms with E-state index in [-0.39, 0.29) is 5.54 Å². The van der Waals surface area contributed by atoms with Crippen LogP contribution in [0.2, 0.25) is 0 Å². The maximum Gasteiger partial charge on any atom is 0.112 e. The fourth-order valence-electron chi connectivity index (χ4n) is 1.73. The predicted octanol–water partition coefficient (Wildman–Crippen LogP) is 3.48. The third-order valence-electron chi connectivity index (χ3n) is 2.95. The molecule has 1 aromatic carbocycles. The molecule has 2 rings (SSSR count). The van der Waals surface area contributed by atoms with E-state index >= 15 is 0 Å². The van der Waals surface area contributed by atoms with Crippen LogP contribution in [0.4, 0.5) is 0 Å². The Morgan fingerprint density at radius 1 is 1.29 bits per heavy atom. The van der Waals surface area contributed by atoms with Crippen molar-refractivity contribution in [1.82, 2.24) is 10.3 Å². The lowest BCUT2D eigenvalue weighted by molar-refractivity contribution is 0.399. The molecule has 0 atom stereocenters. The van der Waals surface area contributed by atoms with Crippen molar-refractivity contribution in [3.8, 4) is 0 Å². The fraction of sp³-hybridized carbons (Fsp3) is 0.357. The lowest BCUT2D eigenvalue weighted by Gasteiger charge is -2.24. The van der Waals surface area contributed by atoms with Gasteiger partial charge in [-0.2, -0.15) is 0 Å². The van der Waals surface area contributed by atoms with Crippen LogP contribution in [0.15, 0.2) is 35.8 Å². The molecule has 0 aliphatic rings. The van der Waals surface area contributed by atoms with E-state index < -0.39 is 0 Å². The molecule has 2 nitrogen and oxygen atoms in total. The van der Waals surface area contributed by atoms with E-state index in [1.807, 2.05) is 11.6 Å². The van der Waals surface area contributed by atoms with Gasteiger partial charge in [-0.3, -0.25) is 0 Å². The smallest absolute Gasteiger partial charge is 0.112 e. The first kappa shape index (κ1) is 12.3. The number of hydrogen-bond donors (Lipinski definition) is 1. The summed E-state index contributed by atoms with van der Waals surface area (Å²) >= 11 is 1.70. The molecular formula is C14H18N2S. The number of aromatic nitrogens is 1. The van der Waals surface area contributed by atoms with E-state index in [4.69, 9.17) is 0 Å². The summed E-state index contributed by atoms with van der Waals surface area (Å²) in [6.07, 6.45) is 1.86. The van der Waals surface area contributed by atoms with Gasteiger partial charge in [0.25, 0.3) is 0 Å². The summed E-state index contributed by atoms with van der Waals surface area (Å²) in [5, 5.41) is 6.72. The highest BCUT2D eigenvalue weighted by atomic mass is 32.1. The van der Waals surface area contributed by atoms with Gasteiger partial charge in [0.2, 0.25) is 0 Å². The zero-order valence-electron chi connectivity index (χ0n) is 10.5. The minimum Gasteiger partial charge on any atom is -0.302 e. The van der Waals surface area contributed by atoms with Gasteiger partial charge in [0, 0.05) is 18.1 Å². The Morgan fingerprint density at radius 2 is 2.06 bits per heavy atom. The molecule has 0 aliphatic heterocycles. The largest absolute Gasteiger partial charge is 0.302 e. The van der Waals surface area contributed by atoms with E-state index in [2.05, 4.69) is 55.3 Å². The van der Waals surface area contributed by atoms with Crippen molar-refractivity contribution in [3.63, 3.8) is 0 Å².